The minimum absolute atomic E-state index is 0.322. The van der Waals surface area contributed by atoms with Crippen LogP contribution in [0, 0.1) is 23.5 Å². The van der Waals surface area contributed by atoms with Gasteiger partial charge in [0.2, 0.25) is 0 Å². The van der Waals surface area contributed by atoms with Crippen LogP contribution in [0.15, 0.2) is 78.4 Å². The van der Waals surface area contributed by atoms with Gasteiger partial charge in [-0.05, 0) is 112 Å². The number of hydrogen-bond donors (Lipinski definition) is 0. The Bertz CT molecular complexity index is 1140. The Morgan fingerprint density at radius 2 is 1.62 bits per heavy atom. The summed E-state index contributed by atoms with van der Waals surface area (Å²) in [5.74, 6) is 0.984. The molecule has 0 spiro atoms. The van der Waals surface area contributed by atoms with Gasteiger partial charge in [-0.2, -0.15) is 0 Å². The van der Waals surface area contributed by atoms with Crippen molar-refractivity contribution in [1.29, 1.82) is 0 Å². The third-order valence-corrected chi connectivity index (χ3v) is 8.19. The topological polar surface area (TPSA) is 0 Å². The van der Waals surface area contributed by atoms with Crippen molar-refractivity contribution >= 4 is 6.08 Å². The van der Waals surface area contributed by atoms with Crippen LogP contribution < -0.4 is 0 Å². The van der Waals surface area contributed by atoms with Crippen LogP contribution in [0.2, 0.25) is 0 Å². The summed E-state index contributed by atoms with van der Waals surface area (Å²) >= 11 is 0. The molecule has 2 aliphatic carbocycles. The molecule has 2 aromatic carbocycles. The lowest BCUT2D eigenvalue weighted by Crippen LogP contribution is -2.13. The predicted octanol–water partition coefficient (Wildman–Crippen LogP) is 11.0. The van der Waals surface area contributed by atoms with E-state index >= 15 is 8.78 Å². The molecule has 0 N–H and O–H groups in total. The molecule has 1 unspecified atom stereocenters. The maximum Gasteiger partial charge on any atom is 0.131 e. The van der Waals surface area contributed by atoms with E-state index in [1.54, 1.807) is 18.2 Å². The molecular weight excluding hydrogens is 458 g/mol. The number of allylic oxidation sites excluding steroid dienone is 7. The summed E-state index contributed by atoms with van der Waals surface area (Å²) in [4.78, 5) is 0. The fourth-order valence-electron chi connectivity index (χ4n) is 5.86. The third-order valence-electron chi connectivity index (χ3n) is 8.19. The summed E-state index contributed by atoms with van der Waals surface area (Å²) < 4.78 is 30.2. The van der Waals surface area contributed by atoms with Crippen LogP contribution in [0.4, 0.5) is 8.78 Å². The molecule has 0 aromatic heterocycles. The zero-order chi connectivity index (χ0) is 26.0. The average molecular weight is 501 g/mol. The fraction of sp³-hybridized carbons (Fsp3) is 0.429. The van der Waals surface area contributed by atoms with Crippen LogP contribution >= 0.6 is 0 Å². The maximum atomic E-state index is 15.2. The molecule has 0 saturated heterocycles. The van der Waals surface area contributed by atoms with Crippen molar-refractivity contribution in [3.63, 3.8) is 0 Å². The molecule has 2 heteroatoms. The highest BCUT2D eigenvalue weighted by atomic mass is 19.1. The minimum Gasteiger partial charge on any atom is -0.206 e. The first-order chi connectivity index (χ1) is 18.1. The number of benzene rings is 2. The number of rotatable bonds is 9. The second kappa shape index (κ2) is 13.7. The van der Waals surface area contributed by atoms with E-state index in [-0.39, 0.29) is 11.6 Å². The summed E-state index contributed by atoms with van der Waals surface area (Å²) in [7, 11) is 0. The summed E-state index contributed by atoms with van der Waals surface area (Å²) in [6.45, 7) is 4.23. The van der Waals surface area contributed by atoms with Crippen LogP contribution in [-0.4, -0.2) is 0 Å². The Hall–Kier alpha value is -2.74. The molecule has 2 aromatic rings. The van der Waals surface area contributed by atoms with Crippen LogP contribution in [0.1, 0.15) is 95.1 Å². The lowest BCUT2D eigenvalue weighted by Gasteiger charge is -2.28. The zero-order valence-electron chi connectivity index (χ0n) is 22.6. The molecule has 196 valence electrons. The van der Waals surface area contributed by atoms with Gasteiger partial charge in [-0.25, -0.2) is 8.78 Å². The SMILES string of the molecule is C/C=C/CCC1CCC(c2ccc(-c3ccc(/C=C/C4CC=C(/C=C/CC)CC4)cc3F)c(F)c2)CC1. The van der Waals surface area contributed by atoms with Gasteiger partial charge >= 0.3 is 0 Å². The molecule has 1 fully saturated rings. The van der Waals surface area contributed by atoms with Gasteiger partial charge in [0.25, 0.3) is 0 Å². The highest BCUT2D eigenvalue weighted by molar-refractivity contribution is 5.67. The molecule has 0 bridgehead atoms. The van der Waals surface area contributed by atoms with E-state index in [2.05, 4.69) is 50.3 Å². The second-order valence-corrected chi connectivity index (χ2v) is 10.8. The average Bonchev–Trinajstić information content (AvgIpc) is 2.92. The monoisotopic (exact) mass is 500 g/mol. The van der Waals surface area contributed by atoms with Crippen molar-refractivity contribution in [2.75, 3.05) is 0 Å². The van der Waals surface area contributed by atoms with E-state index in [4.69, 9.17) is 0 Å². The largest absolute Gasteiger partial charge is 0.206 e. The van der Waals surface area contributed by atoms with Crippen molar-refractivity contribution < 1.29 is 8.78 Å². The summed E-state index contributed by atoms with van der Waals surface area (Å²) in [6, 6.07) is 10.6. The molecule has 0 aliphatic heterocycles. The Balaban J connectivity index is 1.37. The van der Waals surface area contributed by atoms with Crippen LogP contribution in [0.5, 0.6) is 0 Å². The van der Waals surface area contributed by atoms with Gasteiger partial charge in [-0.15, -0.1) is 0 Å². The second-order valence-electron chi connectivity index (χ2n) is 10.8. The van der Waals surface area contributed by atoms with Crippen molar-refractivity contribution in [2.45, 2.75) is 84.0 Å². The van der Waals surface area contributed by atoms with Crippen molar-refractivity contribution in [3.05, 3.63) is 101 Å². The summed E-state index contributed by atoms with van der Waals surface area (Å²) in [5.41, 5.74) is 3.99. The number of hydrogen-bond acceptors (Lipinski definition) is 0. The standard InChI is InChI=1S/C35H42F2/c1-3-5-7-9-27-16-19-30(20-17-27)31-21-23-33(35(37)25-31)32-22-18-29(24-34(32)36)15-14-28-12-10-26(11-13-28)8-6-4-2/h3,5-6,8,10,14-15,18,21-25,27-28,30H,4,7,9,11-13,16-17,19-20H2,1-2H3/b5-3+,8-6+,15-14+. The van der Waals surface area contributed by atoms with E-state index in [0.717, 1.165) is 62.0 Å². The van der Waals surface area contributed by atoms with Crippen LogP contribution in [-0.2, 0) is 0 Å². The van der Waals surface area contributed by atoms with E-state index in [1.807, 2.05) is 18.2 Å². The predicted molar refractivity (Wildman–Crippen MR) is 154 cm³/mol. The Labute approximate surface area is 222 Å². The first-order valence-electron chi connectivity index (χ1n) is 14.3. The van der Waals surface area contributed by atoms with E-state index in [0.29, 0.717) is 23.0 Å². The Kier molecular flexibility index (Phi) is 10.1. The van der Waals surface area contributed by atoms with Crippen molar-refractivity contribution in [3.8, 4) is 11.1 Å². The lowest BCUT2D eigenvalue weighted by atomic mass is 9.77. The van der Waals surface area contributed by atoms with Gasteiger partial charge in [0.1, 0.15) is 11.6 Å². The fourth-order valence-corrected chi connectivity index (χ4v) is 5.86. The Morgan fingerprint density at radius 1 is 0.865 bits per heavy atom. The Morgan fingerprint density at radius 3 is 2.27 bits per heavy atom. The van der Waals surface area contributed by atoms with E-state index in [9.17, 15) is 0 Å². The normalized spacial score (nSPS) is 22.8. The first-order valence-corrected chi connectivity index (χ1v) is 14.3. The van der Waals surface area contributed by atoms with Gasteiger partial charge in [-0.1, -0.05) is 79.3 Å². The van der Waals surface area contributed by atoms with E-state index in [1.165, 1.54) is 30.9 Å². The molecular formula is C35H42F2. The molecule has 4 rings (SSSR count). The molecule has 1 atom stereocenters. The molecule has 0 nitrogen and oxygen atoms in total. The maximum absolute atomic E-state index is 15.2. The lowest BCUT2D eigenvalue weighted by molar-refractivity contribution is 0.311. The van der Waals surface area contributed by atoms with Crippen LogP contribution in [0.25, 0.3) is 17.2 Å². The summed E-state index contributed by atoms with van der Waals surface area (Å²) in [6.07, 6.45) is 26.7. The third kappa shape index (κ3) is 7.63. The van der Waals surface area contributed by atoms with Crippen LogP contribution in [0.3, 0.4) is 0 Å². The van der Waals surface area contributed by atoms with Gasteiger partial charge < -0.3 is 0 Å². The van der Waals surface area contributed by atoms with E-state index < -0.39 is 0 Å². The molecule has 37 heavy (non-hydrogen) atoms. The molecule has 0 heterocycles. The highest BCUT2D eigenvalue weighted by Gasteiger charge is 2.23. The molecule has 0 radical (unpaired) electrons. The zero-order valence-corrected chi connectivity index (χ0v) is 22.6. The molecule has 2 aliphatic rings. The van der Waals surface area contributed by atoms with Gasteiger partial charge in [-0.3, -0.25) is 0 Å². The quantitative estimate of drug-likeness (QED) is 0.300. The molecule has 0 amide bonds. The summed E-state index contributed by atoms with van der Waals surface area (Å²) in [5, 5.41) is 0. The van der Waals surface area contributed by atoms with Gasteiger partial charge in [0.15, 0.2) is 0 Å². The number of halogens is 2. The smallest absolute Gasteiger partial charge is 0.131 e. The van der Waals surface area contributed by atoms with Gasteiger partial charge in [0, 0.05) is 11.1 Å². The molecule has 1 saturated carbocycles. The van der Waals surface area contributed by atoms with Crippen molar-refractivity contribution in [2.24, 2.45) is 11.8 Å². The van der Waals surface area contributed by atoms with Crippen molar-refractivity contribution in [1.82, 2.24) is 0 Å². The minimum atomic E-state index is -0.369. The highest BCUT2D eigenvalue weighted by Crippen LogP contribution is 2.39. The first kappa shape index (κ1) is 27.3. The van der Waals surface area contributed by atoms with Gasteiger partial charge in [0.05, 0.1) is 0 Å².